The number of aromatic nitrogens is 1. The molecule has 0 bridgehead atoms. The summed E-state index contributed by atoms with van der Waals surface area (Å²) in [6.45, 7) is -4.67. The molecule has 16 rings (SSSR count). The van der Waals surface area contributed by atoms with Crippen LogP contribution in [0.2, 0.25) is 0 Å². The van der Waals surface area contributed by atoms with E-state index in [1.807, 2.05) is 84.9 Å². The van der Waals surface area contributed by atoms with Crippen LogP contribution in [-0.2, 0) is 10.8 Å². The second-order valence-corrected chi connectivity index (χ2v) is 23.8. The van der Waals surface area contributed by atoms with Crippen molar-refractivity contribution in [2.24, 2.45) is 0 Å². The summed E-state index contributed by atoms with van der Waals surface area (Å²) in [7, 11) is 0. The first-order valence-corrected chi connectivity index (χ1v) is 29.1. The highest BCUT2D eigenvalue weighted by atomic mass is 16.3. The summed E-state index contributed by atoms with van der Waals surface area (Å²) in [5.74, 6) is 0. The number of para-hydroxylation sites is 3. The molecule has 0 amide bonds. The highest BCUT2D eigenvalue weighted by Gasteiger charge is 2.45. The summed E-state index contributed by atoms with van der Waals surface area (Å²) in [6, 6.07) is 91.0. The first kappa shape index (κ1) is 41.8. The molecule has 0 aliphatic carbocycles. The third kappa shape index (κ3) is 8.20. The molecule has 4 heterocycles. The summed E-state index contributed by atoms with van der Waals surface area (Å²) in [5, 5.41) is 2.93. The van der Waals surface area contributed by atoms with Crippen LogP contribution in [0.1, 0.15) is 64.8 Å². The Hall–Kier alpha value is -10.1. The number of nitrogens with zero attached hydrogens (tertiary/aromatic N) is 3. The normalized spacial score (nSPS) is 15.0. The van der Waals surface area contributed by atoms with Crippen LogP contribution in [0.3, 0.4) is 0 Å². The summed E-state index contributed by atoms with van der Waals surface area (Å²) in [5.41, 5.74) is 15.5. The van der Waals surface area contributed by atoms with Gasteiger partial charge in [-0.05, 0) is 150 Å². The van der Waals surface area contributed by atoms with Gasteiger partial charge in [0.2, 0.25) is 0 Å². The van der Waals surface area contributed by atoms with Crippen molar-refractivity contribution in [3.63, 3.8) is 0 Å². The molecule has 14 aromatic rings. The molecule has 0 saturated carbocycles. The lowest BCUT2D eigenvalue weighted by molar-refractivity contribution is 0.590. The largest absolute Gasteiger partial charge is 0.452 e. The van der Waals surface area contributed by atoms with Crippen LogP contribution in [0.15, 0.2) is 271 Å². The SMILES string of the molecule is [2H]C([2H])([2H])C(c1cc(N2c3ccc(-c4ccccc4)cc3B3c4cc(-c5ccccc5)ccc4N(c4ccc(-c5ccccc5)cc4)c4cc(-c5cccc(C(C)(C)C)c5)cc2c43)c2oc3c(-n4c5ccccc5c5ccccc54)cccc3c2c1)(C([2H])([2H])[2H])C([2H])([2H])[2H]. The Morgan fingerprint density at radius 3 is 1.41 bits per heavy atom. The summed E-state index contributed by atoms with van der Waals surface area (Å²) in [4.78, 5) is 4.45. The quantitative estimate of drug-likeness (QED) is 0.149. The number of hydrogen-bond donors (Lipinski definition) is 0. The average molecular weight is 1100 g/mol. The predicted molar refractivity (Wildman–Crippen MR) is 361 cm³/mol. The number of anilines is 6. The highest BCUT2D eigenvalue weighted by Crippen LogP contribution is 2.51. The van der Waals surface area contributed by atoms with Crippen LogP contribution in [0.4, 0.5) is 34.1 Å². The maximum Gasteiger partial charge on any atom is 0.252 e. The molecule has 0 N–H and O–H groups in total. The van der Waals surface area contributed by atoms with Crippen LogP contribution >= 0.6 is 0 Å². The van der Waals surface area contributed by atoms with Gasteiger partial charge in [0.1, 0.15) is 0 Å². The van der Waals surface area contributed by atoms with Gasteiger partial charge in [-0.1, -0.05) is 242 Å². The zero-order valence-corrected chi connectivity index (χ0v) is 47.2. The van der Waals surface area contributed by atoms with Gasteiger partial charge in [-0.2, -0.15) is 0 Å². The van der Waals surface area contributed by atoms with E-state index in [1.54, 1.807) is 0 Å². The average Bonchev–Trinajstić information content (AvgIpc) is 0.909. The molecule has 0 saturated heterocycles. The molecular formula is C80H62BN3O. The van der Waals surface area contributed by atoms with Gasteiger partial charge in [-0.15, -0.1) is 0 Å². The molecule has 2 aromatic heterocycles. The lowest BCUT2D eigenvalue weighted by Crippen LogP contribution is -2.61. The number of hydrogen-bond acceptors (Lipinski definition) is 3. The zero-order valence-electron chi connectivity index (χ0n) is 56.2. The Labute approximate surface area is 510 Å². The van der Waals surface area contributed by atoms with E-state index in [9.17, 15) is 12.3 Å². The molecule has 2 aliphatic heterocycles. The van der Waals surface area contributed by atoms with Crippen molar-refractivity contribution in [3.8, 4) is 50.2 Å². The minimum Gasteiger partial charge on any atom is -0.452 e. The van der Waals surface area contributed by atoms with Crippen molar-refractivity contribution in [1.29, 1.82) is 0 Å². The highest BCUT2D eigenvalue weighted by molar-refractivity contribution is 7.00. The van der Waals surface area contributed by atoms with Crippen molar-refractivity contribution < 1.29 is 16.8 Å². The number of benzene rings is 12. The summed E-state index contributed by atoms with van der Waals surface area (Å²) in [6.07, 6.45) is 0. The summed E-state index contributed by atoms with van der Waals surface area (Å²) < 4.78 is 93.5. The van der Waals surface area contributed by atoms with E-state index in [-0.39, 0.29) is 11.1 Å². The lowest BCUT2D eigenvalue weighted by Gasteiger charge is -2.45. The van der Waals surface area contributed by atoms with E-state index in [4.69, 9.17) is 4.42 Å². The fourth-order valence-electron chi connectivity index (χ4n) is 13.5. The molecule has 2 aliphatic rings. The number of rotatable bonds is 7. The van der Waals surface area contributed by atoms with Gasteiger partial charge in [-0.25, -0.2) is 0 Å². The molecule has 0 unspecified atom stereocenters. The smallest absolute Gasteiger partial charge is 0.252 e. The first-order chi connectivity index (χ1) is 45.2. The third-order valence-electron chi connectivity index (χ3n) is 17.6. The maximum atomic E-state index is 9.31. The Kier molecular flexibility index (Phi) is 9.46. The second kappa shape index (κ2) is 19.2. The van der Waals surface area contributed by atoms with E-state index < -0.39 is 38.2 Å². The number of furan rings is 1. The fraction of sp³-hybridized carbons (Fsp3) is 0.100. The number of fused-ring (bicyclic) bond motifs is 10. The predicted octanol–water partition coefficient (Wildman–Crippen LogP) is 20.0. The van der Waals surface area contributed by atoms with Gasteiger partial charge in [0, 0.05) is 62.3 Å². The van der Waals surface area contributed by atoms with Gasteiger partial charge < -0.3 is 18.8 Å². The van der Waals surface area contributed by atoms with E-state index in [0.717, 1.165) is 105 Å². The Bertz CT molecular complexity index is 5250. The lowest BCUT2D eigenvalue weighted by atomic mass is 9.33. The van der Waals surface area contributed by atoms with E-state index in [0.29, 0.717) is 39.0 Å². The molecule has 12 aromatic carbocycles. The van der Waals surface area contributed by atoms with Gasteiger partial charge in [0.05, 0.1) is 22.4 Å². The second-order valence-electron chi connectivity index (χ2n) is 23.8. The minimum atomic E-state index is -3.61. The first-order valence-electron chi connectivity index (χ1n) is 33.6. The van der Waals surface area contributed by atoms with Crippen LogP contribution in [0, 0.1) is 0 Å². The molecular weight excluding hydrogens is 1030 g/mol. The van der Waals surface area contributed by atoms with Crippen LogP contribution in [0.25, 0.3) is 93.9 Å². The maximum absolute atomic E-state index is 9.31. The fourth-order valence-corrected chi connectivity index (χ4v) is 13.5. The van der Waals surface area contributed by atoms with Gasteiger partial charge in [0.25, 0.3) is 6.71 Å². The standard InChI is InChI=1S/C80H62BN3O/c1-79(2,3)59-29-20-28-55(44-59)58-47-73-76-74(48-58)84(75-50-60(80(4,5)6)49-65-64-32-21-35-72(77(64)85-78(65)75)83-68-33-18-16-30-62(68)63-31-17-19-34-69(63)83)71-43-39-57(53-26-14-9-15-27-53)46-67(71)81(76)66-45-56(52-24-12-8-13-25-52)38-42-70(66)82(73)61-40-36-54(37-41-61)51-22-10-7-11-23-51/h7-50H,1-6H3/i4D3,5D3,6D3. The van der Waals surface area contributed by atoms with E-state index in [2.05, 4.69) is 205 Å². The topological polar surface area (TPSA) is 24.6 Å². The van der Waals surface area contributed by atoms with Crippen molar-refractivity contribution in [1.82, 2.24) is 4.57 Å². The molecule has 0 fully saturated rings. The van der Waals surface area contributed by atoms with Crippen molar-refractivity contribution >= 4 is 101 Å². The van der Waals surface area contributed by atoms with Crippen molar-refractivity contribution in [3.05, 3.63) is 278 Å². The van der Waals surface area contributed by atoms with Gasteiger partial charge in [-0.3, -0.25) is 0 Å². The molecule has 4 nitrogen and oxygen atoms in total. The molecule has 0 radical (unpaired) electrons. The Morgan fingerprint density at radius 1 is 0.329 bits per heavy atom. The minimum absolute atomic E-state index is 0.223. The van der Waals surface area contributed by atoms with Crippen molar-refractivity contribution in [2.45, 2.75) is 52.2 Å². The molecule has 5 heteroatoms. The van der Waals surface area contributed by atoms with Crippen LogP contribution in [0.5, 0.6) is 0 Å². The van der Waals surface area contributed by atoms with E-state index >= 15 is 0 Å². The molecule has 85 heavy (non-hydrogen) atoms. The van der Waals surface area contributed by atoms with Crippen LogP contribution < -0.4 is 26.2 Å². The van der Waals surface area contributed by atoms with Gasteiger partial charge in [0.15, 0.2) is 11.2 Å². The van der Waals surface area contributed by atoms with Crippen molar-refractivity contribution in [2.75, 3.05) is 9.80 Å². The van der Waals surface area contributed by atoms with Crippen LogP contribution in [-0.4, -0.2) is 11.3 Å². The zero-order chi connectivity index (χ0) is 64.8. The van der Waals surface area contributed by atoms with E-state index in [1.165, 1.54) is 12.1 Å². The summed E-state index contributed by atoms with van der Waals surface area (Å²) >= 11 is 0. The molecule has 406 valence electrons. The Morgan fingerprint density at radius 2 is 0.812 bits per heavy atom. The molecule has 0 spiro atoms. The Balaban J connectivity index is 1.08. The third-order valence-corrected chi connectivity index (χ3v) is 17.6. The monoisotopic (exact) mass is 1100 g/mol. The van der Waals surface area contributed by atoms with Gasteiger partial charge >= 0.3 is 0 Å². The molecule has 0 atom stereocenters.